The van der Waals surface area contributed by atoms with Gasteiger partial charge in [-0.2, -0.15) is 4.99 Å². The fourth-order valence-corrected chi connectivity index (χ4v) is 2.23. The number of ether oxygens (including phenoxy) is 1. The molecule has 0 atom stereocenters. The molecule has 0 unspecified atom stereocenters. The molecule has 21 heavy (non-hydrogen) atoms. The van der Waals surface area contributed by atoms with Gasteiger partial charge in [0.1, 0.15) is 5.75 Å². The standard InChI is InChI=1S/C13H10F3N2O2S/c1-2-8-7-17-12(21-8)18-11(19)9-5-3-4-6-10(9)20-13(14,15)16/h3-7H,2H2,1H3. The van der Waals surface area contributed by atoms with Gasteiger partial charge in [-0.25, -0.2) is 5.32 Å². The van der Waals surface area contributed by atoms with Gasteiger partial charge in [0, 0.05) is 11.1 Å². The second kappa shape index (κ2) is 6.21. The lowest BCUT2D eigenvalue weighted by atomic mass is 10.2. The molecule has 1 aromatic rings. The van der Waals surface area contributed by atoms with Crippen molar-refractivity contribution < 1.29 is 22.7 Å². The van der Waals surface area contributed by atoms with E-state index in [2.05, 4.69) is 15.0 Å². The molecule has 0 fully saturated rings. The number of para-hydroxylation sites is 1. The minimum Gasteiger partial charge on any atom is -0.405 e. The molecule has 1 heterocycles. The lowest BCUT2D eigenvalue weighted by Crippen LogP contribution is -2.19. The minimum absolute atomic E-state index is 0.207. The van der Waals surface area contributed by atoms with E-state index < -0.39 is 18.0 Å². The van der Waals surface area contributed by atoms with Crippen LogP contribution >= 0.6 is 11.8 Å². The summed E-state index contributed by atoms with van der Waals surface area (Å²) >= 11 is 1.21. The van der Waals surface area contributed by atoms with Crippen molar-refractivity contribution in [3.8, 4) is 5.75 Å². The SMILES string of the molecule is CCC1=C[N]C(=NC(=O)c2ccccc2OC(F)(F)F)S1. The Bertz CT molecular complexity index is 612. The predicted molar refractivity (Wildman–Crippen MR) is 73.0 cm³/mol. The van der Waals surface area contributed by atoms with Gasteiger partial charge in [-0.3, -0.25) is 4.79 Å². The van der Waals surface area contributed by atoms with Gasteiger partial charge in [0.15, 0.2) is 5.17 Å². The van der Waals surface area contributed by atoms with Gasteiger partial charge in [0.25, 0.3) is 5.91 Å². The van der Waals surface area contributed by atoms with Gasteiger partial charge in [-0.05, 0) is 18.6 Å². The van der Waals surface area contributed by atoms with Crippen LogP contribution in [-0.4, -0.2) is 17.4 Å². The van der Waals surface area contributed by atoms with E-state index in [0.717, 1.165) is 17.4 Å². The van der Waals surface area contributed by atoms with Crippen LogP contribution in [0, 0.1) is 0 Å². The Morgan fingerprint density at radius 3 is 2.71 bits per heavy atom. The third kappa shape index (κ3) is 4.25. The number of hydrogen-bond acceptors (Lipinski definition) is 3. The average Bonchev–Trinajstić information content (AvgIpc) is 2.85. The van der Waals surface area contributed by atoms with Gasteiger partial charge in [0.2, 0.25) is 0 Å². The highest BCUT2D eigenvalue weighted by atomic mass is 32.2. The molecular weight excluding hydrogens is 305 g/mol. The zero-order valence-corrected chi connectivity index (χ0v) is 11.7. The molecule has 2 rings (SSSR count). The monoisotopic (exact) mass is 315 g/mol. The van der Waals surface area contributed by atoms with E-state index in [9.17, 15) is 18.0 Å². The molecule has 1 amide bonds. The van der Waals surface area contributed by atoms with Crippen molar-refractivity contribution in [3.05, 3.63) is 40.9 Å². The normalized spacial score (nSPS) is 16.6. The molecule has 0 bridgehead atoms. The van der Waals surface area contributed by atoms with Crippen molar-refractivity contribution >= 4 is 22.8 Å². The topological polar surface area (TPSA) is 52.8 Å². The van der Waals surface area contributed by atoms with Gasteiger partial charge < -0.3 is 4.74 Å². The molecule has 1 aliphatic heterocycles. The van der Waals surface area contributed by atoms with Crippen LogP contribution in [0.4, 0.5) is 13.2 Å². The molecule has 4 nitrogen and oxygen atoms in total. The molecule has 8 heteroatoms. The Labute approximate surface area is 123 Å². The van der Waals surface area contributed by atoms with E-state index in [0.29, 0.717) is 0 Å². The number of hydrogen-bond donors (Lipinski definition) is 0. The minimum atomic E-state index is -4.87. The third-order valence-corrected chi connectivity index (χ3v) is 3.47. The summed E-state index contributed by atoms with van der Waals surface area (Å²) in [5.74, 6) is -1.40. The van der Waals surface area contributed by atoms with Crippen LogP contribution < -0.4 is 10.1 Å². The second-order valence-corrected chi connectivity index (χ2v) is 5.02. The number of carbonyl (C=O) groups excluding carboxylic acids is 1. The molecular formula is C13H10F3N2O2S. The maximum atomic E-state index is 12.3. The van der Waals surface area contributed by atoms with Gasteiger partial charge in [-0.15, -0.1) is 13.2 Å². The molecule has 111 valence electrons. The Morgan fingerprint density at radius 2 is 2.10 bits per heavy atom. The van der Waals surface area contributed by atoms with Gasteiger partial charge in [0.05, 0.1) is 5.56 Å². The maximum Gasteiger partial charge on any atom is 0.573 e. The molecule has 0 saturated carbocycles. The number of nitrogens with zero attached hydrogens (tertiary/aromatic N) is 2. The first-order valence-electron chi connectivity index (χ1n) is 5.94. The van der Waals surface area contributed by atoms with Crippen LogP contribution in [0.3, 0.4) is 0 Å². The van der Waals surface area contributed by atoms with Crippen LogP contribution in [0.15, 0.2) is 40.4 Å². The zero-order chi connectivity index (χ0) is 15.5. The van der Waals surface area contributed by atoms with E-state index in [1.165, 1.54) is 30.0 Å². The summed E-state index contributed by atoms with van der Waals surface area (Å²) in [6.45, 7) is 1.92. The maximum absolute atomic E-state index is 12.3. The zero-order valence-electron chi connectivity index (χ0n) is 10.8. The smallest absolute Gasteiger partial charge is 0.405 e. The highest BCUT2D eigenvalue weighted by Gasteiger charge is 2.33. The van der Waals surface area contributed by atoms with E-state index in [1.54, 1.807) is 6.20 Å². The van der Waals surface area contributed by atoms with E-state index >= 15 is 0 Å². The Kier molecular flexibility index (Phi) is 4.56. The molecule has 1 aliphatic rings. The first-order chi connectivity index (χ1) is 9.89. The van der Waals surface area contributed by atoms with E-state index in [1.807, 2.05) is 6.92 Å². The highest BCUT2D eigenvalue weighted by Crippen LogP contribution is 2.28. The van der Waals surface area contributed by atoms with Crippen molar-refractivity contribution in [1.29, 1.82) is 0 Å². The predicted octanol–water partition coefficient (Wildman–Crippen LogP) is 3.68. The summed E-state index contributed by atoms with van der Waals surface area (Å²) in [6, 6.07) is 5.07. The summed E-state index contributed by atoms with van der Waals surface area (Å²) in [5.41, 5.74) is -0.261. The van der Waals surface area contributed by atoms with Crippen molar-refractivity contribution in [3.63, 3.8) is 0 Å². The summed E-state index contributed by atoms with van der Waals surface area (Å²) in [6.07, 6.45) is -2.54. The van der Waals surface area contributed by atoms with Crippen molar-refractivity contribution in [2.24, 2.45) is 4.99 Å². The fraction of sp³-hybridized carbons (Fsp3) is 0.231. The molecule has 0 aromatic heterocycles. The molecule has 0 spiro atoms. The Balaban J connectivity index is 2.19. The molecule has 0 N–H and O–H groups in total. The third-order valence-electron chi connectivity index (χ3n) is 2.43. The number of halogens is 3. The number of aliphatic imine (C=N–C) groups is 1. The van der Waals surface area contributed by atoms with Crippen LogP contribution in [0.25, 0.3) is 0 Å². The number of benzene rings is 1. The number of carbonyl (C=O) groups is 1. The lowest BCUT2D eigenvalue weighted by Gasteiger charge is -2.11. The first kappa shape index (κ1) is 15.4. The van der Waals surface area contributed by atoms with E-state index in [-0.39, 0.29) is 10.7 Å². The van der Waals surface area contributed by atoms with Crippen LogP contribution in [0.1, 0.15) is 23.7 Å². The quantitative estimate of drug-likeness (QED) is 0.855. The summed E-state index contributed by atoms with van der Waals surface area (Å²) in [5, 5.41) is 4.13. The largest absolute Gasteiger partial charge is 0.573 e. The van der Waals surface area contributed by atoms with E-state index in [4.69, 9.17) is 0 Å². The van der Waals surface area contributed by atoms with Crippen molar-refractivity contribution in [2.45, 2.75) is 19.7 Å². The number of alkyl halides is 3. The van der Waals surface area contributed by atoms with Crippen LogP contribution in [0.2, 0.25) is 0 Å². The summed E-state index contributed by atoms with van der Waals surface area (Å²) < 4.78 is 40.7. The van der Waals surface area contributed by atoms with Crippen LogP contribution in [0.5, 0.6) is 5.75 Å². The number of amidine groups is 1. The molecule has 1 radical (unpaired) electrons. The summed E-state index contributed by atoms with van der Waals surface area (Å²) in [7, 11) is 0. The Hall–Kier alpha value is -1.96. The lowest BCUT2D eigenvalue weighted by molar-refractivity contribution is -0.274. The van der Waals surface area contributed by atoms with Crippen LogP contribution in [-0.2, 0) is 0 Å². The second-order valence-electron chi connectivity index (χ2n) is 3.92. The fourth-order valence-electron chi connectivity index (χ4n) is 1.52. The van der Waals surface area contributed by atoms with Gasteiger partial charge >= 0.3 is 6.36 Å². The number of rotatable bonds is 3. The highest BCUT2D eigenvalue weighted by molar-refractivity contribution is 8.17. The number of amides is 1. The molecule has 1 aromatic carbocycles. The molecule has 0 saturated heterocycles. The van der Waals surface area contributed by atoms with Crippen molar-refractivity contribution in [2.75, 3.05) is 0 Å². The number of allylic oxidation sites excluding steroid dienone is 1. The molecule has 0 aliphatic carbocycles. The average molecular weight is 315 g/mol. The summed E-state index contributed by atoms with van der Waals surface area (Å²) in [4.78, 5) is 16.6. The van der Waals surface area contributed by atoms with Crippen molar-refractivity contribution in [1.82, 2.24) is 5.32 Å². The number of thioether (sulfide) groups is 1. The Morgan fingerprint density at radius 1 is 1.38 bits per heavy atom. The van der Waals surface area contributed by atoms with Gasteiger partial charge in [-0.1, -0.05) is 30.8 Å². The first-order valence-corrected chi connectivity index (χ1v) is 6.76.